The van der Waals surface area contributed by atoms with Crippen molar-refractivity contribution in [3.05, 3.63) is 70.8 Å². The molecular weight excluding hydrogens is 404 g/mol. The maximum Gasteiger partial charge on any atom is 0.509 e. The summed E-state index contributed by atoms with van der Waals surface area (Å²) >= 11 is 0. The average molecular weight is 437 g/mol. The highest BCUT2D eigenvalue weighted by atomic mass is 16.7. The molecule has 1 atom stereocenters. The lowest BCUT2D eigenvalue weighted by Crippen LogP contribution is -2.33. The van der Waals surface area contributed by atoms with Gasteiger partial charge in [0.1, 0.15) is 11.7 Å². The zero-order chi connectivity index (χ0) is 23.2. The summed E-state index contributed by atoms with van der Waals surface area (Å²) in [6.07, 6.45) is 0.366. The van der Waals surface area contributed by atoms with Crippen molar-refractivity contribution in [1.29, 1.82) is 0 Å². The highest BCUT2D eigenvalue weighted by Gasteiger charge is 2.29. The fourth-order valence-corrected chi connectivity index (χ4v) is 3.59. The smallest absolute Gasteiger partial charge is 0.428 e. The Hall–Kier alpha value is -2.81. The van der Waals surface area contributed by atoms with E-state index < -0.39 is 23.5 Å². The van der Waals surface area contributed by atoms with Gasteiger partial charge in [-0.1, -0.05) is 48.2 Å². The topological polar surface area (TPSA) is 65.0 Å². The Morgan fingerprint density at radius 3 is 2.38 bits per heavy atom. The molecule has 5 heteroatoms. The lowest BCUT2D eigenvalue weighted by molar-refractivity contribution is -0.0746. The van der Waals surface area contributed by atoms with Gasteiger partial charge in [-0.05, 0) is 51.8 Å². The number of rotatable bonds is 8. The van der Waals surface area contributed by atoms with Crippen LogP contribution >= 0.6 is 0 Å². The minimum absolute atomic E-state index is 0.0651. The monoisotopic (exact) mass is 436 g/mol. The molecule has 0 spiro atoms. The van der Waals surface area contributed by atoms with Gasteiger partial charge < -0.3 is 19.3 Å². The van der Waals surface area contributed by atoms with E-state index in [1.54, 1.807) is 0 Å². The van der Waals surface area contributed by atoms with Crippen molar-refractivity contribution in [1.82, 2.24) is 0 Å². The van der Waals surface area contributed by atoms with Gasteiger partial charge in [-0.2, -0.15) is 0 Å². The van der Waals surface area contributed by atoms with Crippen LogP contribution < -0.4 is 0 Å². The van der Waals surface area contributed by atoms with Crippen LogP contribution in [0.1, 0.15) is 68.9 Å². The molecule has 3 rings (SSSR count). The number of carbonyl (C=O) groups excluding carboxylic acids is 1. The van der Waals surface area contributed by atoms with E-state index in [4.69, 9.17) is 19.3 Å². The number of benzene rings is 2. The summed E-state index contributed by atoms with van der Waals surface area (Å²) in [5.41, 5.74) is 2.50. The summed E-state index contributed by atoms with van der Waals surface area (Å²) in [7, 11) is 0. The largest absolute Gasteiger partial charge is 0.509 e. The molecule has 0 fully saturated rings. The molecule has 32 heavy (non-hydrogen) atoms. The van der Waals surface area contributed by atoms with E-state index in [1.807, 2.05) is 76.2 Å². The Balaban J connectivity index is 1.68. The van der Waals surface area contributed by atoms with E-state index in [0.29, 0.717) is 25.9 Å². The molecule has 170 valence electrons. The predicted molar refractivity (Wildman–Crippen MR) is 123 cm³/mol. The predicted octanol–water partition coefficient (Wildman–Crippen LogP) is 5.18. The molecule has 0 aliphatic heterocycles. The highest BCUT2D eigenvalue weighted by Crippen LogP contribution is 2.30. The summed E-state index contributed by atoms with van der Waals surface area (Å²) in [4.78, 5) is 12.8. The number of fused-ring (bicyclic) bond motifs is 2. The van der Waals surface area contributed by atoms with Crippen molar-refractivity contribution in [3.63, 3.8) is 0 Å². The lowest BCUT2D eigenvalue weighted by atomic mass is 9.92. The second-order valence-corrected chi connectivity index (χ2v) is 9.25. The minimum Gasteiger partial charge on any atom is -0.428 e. The van der Waals surface area contributed by atoms with Gasteiger partial charge in [0, 0.05) is 36.1 Å². The first-order chi connectivity index (χ1) is 15.2. The number of aliphatic hydroxyl groups is 1. The van der Waals surface area contributed by atoms with Crippen LogP contribution in [-0.2, 0) is 20.6 Å². The SMILES string of the molecule is CC(C)(CCO)OCCC(C)(C)OC(=O)OC1Cc2ccccc2C#Cc2ccccc21. The Bertz CT molecular complexity index is 996. The summed E-state index contributed by atoms with van der Waals surface area (Å²) in [5, 5.41) is 9.13. The van der Waals surface area contributed by atoms with Crippen molar-refractivity contribution >= 4 is 6.16 Å². The minimum atomic E-state index is -0.759. The van der Waals surface area contributed by atoms with Crippen LogP contribution in [0, 0.1) is 11.8 Å². The van der Waals surface area contributed by atoms with Gasteiger partial charge in [-0.15, -0.1) is 0 Å². The molecule has 1 aliphatic carbocycles. The summed E-state index contributed by atoms with van der Waals surface area (Å²) in [6, 6.07) is 15.6. The maximum atomic E-state index is 12.8. The number of hydrogen-bond acceptors (Lipinski definition) is 5. The average Bonchev–Trinajstić information content (AvgIpc) is 2.70. The third-order valence-corrected chi connectivity index (χ3v) is 5.57. The third kappa shape index (κ3) is 6.59. The number of aliphatic hydroxyl groups excluding tert-OH is 1. The third-order valence-electron chi connectivity index (χ3n) is 5.57. The van der Waals surface area contributed by atoms with E-state index in [9.17, 15) is 4.79 Å². The molecule has 0 heterocycles. The van der Waals surface area contributed by atoms with Crippen LogP contribution in [0.3, 0.4) is 0 Å². The standard InChI is InChI=1S/C27H32O5/c1-26(2,15-17-28)30-18-16-27(3,4)32-25(29)31-24-19-22-11-6-5-9-20(22)13-14-21-10-7-8-12-23(21)24/h5-12,24,28H,15-19H2,1-4H3. The zero-order valence-electron chi connectivity index (χ0n) is 19.3. The van der Waals surface area contributed by atoms with Crippen molar-refractivity contribution in [2.75, 3.05) is 13.2 Å². The molecule has 1 N–H and O–H groups in total. The van der Waals surface area contributed by atoms with E-state index in [-0.39, 0.29) is 6.61 Å². The van der Waals surface area contributed by atoms with E-state index in [1.165, 1.54) is 0 Å². The molecule has 1 unspecified atom stereocenters. The van der Waals surface area contributed by atoms with Crippen LogP contribution in [0.4, 0.5) is 4.79 Å². The van der Waals surface area contributed by atoms with Gasteiger partial charge >= 0.3 is 6.16 Å². The van der Waals surface area contributed by atoms with Crippen LogP contribution in [-0.4, -0.2) is 35.7 Å². The molecule has 0 amide bonds. The van der Waals surface area contributed by atoms with E-state index in [2.05, 4.69) is 11.8 Å². The molecule has 0 radical (unpaired) electrons. The highest BCUT2D eigenvalue weighted by molar-refractivity contribution is 5.62. The van der Waals surface area contributed by atoms with Gasteiger partial charge in [0.05, 0.1) is 12.2 Å². The second kappa shape index (κ2) is 10.2. The fourth-order valence-electron chi connectivity index (χ4n) is 3.59. The first kappa shape index (κ1) is 23.8. The zero-order valence-corrected chi connectivity index (χ0v) is 19.3. The fraction of sp³-hybridized carbons (Fsp3) is 0.444. The van der Waals surface area contributed by atoms with Gasteiger partial charge in [-0.3, -0.25) is 0 Å². The Morgan fingerprint density at radius 1 is 0.969 bits per heavy atom. The molecule has 1 aliphatic rings. The van der Waals surface area contributed by atoms with Gasteiger partial charge in [-0.25, -0.2) is 4.79 Å². The molecule has 2 aromatic carbocycles. The Labute approximate surface area is 190 Å². The lowest BCUT2D eigenvalue weighted by Gasteiger charge is -2.29. The van der Waals surface area contributed by atoms with E-state index in [0.717, 1.165) is 22.3 Å². The maximum absolute atomic E-state index is 12.8. The first-order valence-electron chi connectivity index (χ1n) is 11.0. The summed E-state index contributed by atoms with van der Waals surface area (Å²) in [5.74, 6) is 6.44. The molecular formula is C27H32O5. The van der Waals surface area contributed by atoms with Crippen molar-refractivity contribution < 1.29 is 24.1 Å². The van der Waals surface area contributed by atoms with Crippen LogP contribution in [0.5, 0.6) is 0 Å². The number of carbonyl (C=O) groups is 1. The number of ether oxygens (including phenoxy) is 3. The van der Waals surface area contributed by atoms with Crippen LogP contribution in [0.2, 0.25) is 0 Å². The first-order valence-corrected chi connectivity index (χ1v) is 11.0. The quantitative estimate of drug-likeness (QED) is 0.456. The Morgan fingerprint density at radius 2 is 1.62 bits per heavy atom. The van der Waals surface area contributed by atoms with Crippen LogP contribution in [0.25, 0.3) is 0 Å². The summed E-state index contributed by atoms with van der Waals surface area (Å²) in [6.45, 7) is 8.00. The van der Waals surface area contributed by atoms with Gasteiger partial charge in [0.2, 0.25) is 0 Å². The van der Waals surface area contributed by atoms with Crippen molar-refractivity contribution in [2.24, 2.45) is 0 Å². The molecule has 5 nitrogen and oxygen atoms in total. The number of hydrogen-bond donors (Lipinski definition) is 1. The van der Waals surface area contributed by atoms with E-state index >= 15 is 0 Å². The second-order valence-electron chi connectivity index (χ2n) is 9.25. The van der Waals surface area contributed by atoms with Crippen molar-refractivity contribution in [3.8, 4) is 11.8 Å². The molecule has 0 saturated heterocycles. The molecule has 0 aromatic heterocycles. The van der Waals surface area contributed by atoms with Crippen molar-refractivity contribution in [2.45, 2.75) is 64.3 Å². The van der Waals surface area contributed by atoms with Gasteiger partial charge in [0.15, 0.2) is 0 Å². The summed E-state index contributed by atoms with van der Waals surface area (Å²) < 4.78 is 17.3. The molecule has 2 aromatic rings. The molecule has 0 bridgehead atoms. The normalized spacial score (nSPS) is 15.3. The van der Waals surface area contributed by atoms with Crippen LogP contribution in [0.15, 0.2) is 48.5 Å². The Kier molecular flexibility index (Phi) is 7.60. The molecule has 0 saturated carbocycles. The van der Waals surface area contributed by atoms with Gasteiger partial charge in [0.25, 0.3) is 0 Å².